The second kappa shape index (κ2) is 9.73. The Labute approximate surface area is 139 Å². The van der Waals surface area contributed by atoms with E-state index in [1.54, 1.807) is 12.4 Å². The van der Waals surface area contributed by atoms with Crippen molar-refractivity contribution in [2.24, 2.45) is 0 Å². The first kappa shape index (κ1) is 16.2. The van der Waals surface area contributed by atoms with E-state index in [2.05, 4.69) is 39.7 Å². The van der Waals surface area contributed by atoms with Crippen LogP contribution in [-0.2, 0) is 11.3 Å². The van der Waals surface area contributed by atoms with Gasteiger partial charge in [0.1, 0.15) is 12.4 Å². The van der Waals surface area contributed by atoms with Gasteiger partial charge in [0.2, 0.25) is 0 Å². The zero-order chi connectivity index (χ0) is 14.8. The SMILES string of the molecule is ICCCC(COc1cccnc1)OCc1ccccc1. The van der Waals surface area contributed by atoms with Crippen LogP contribution >= 0.6 is 22.6 Å². The van der Waals surface area contributed by atoms with Gasteiger partial charge in [-0.05, 0) is 35.0 Å². The van der Waals surface area contributed by atoms with Crippen LogP contribution < -0.4 is 4.74 Å². The maximum Gasteiger partial charge on any atom is 0.137 e. The van der Waals surface area contributed by atoms with Crippen LogP contribution in [0, 0.1) is 0 Å². The number of ether oxygens (including phenoxy) is 2. The molecule has 2 aromatic rings. The van der Waals surface area contributed by atoms with Crippen molar-refractivity contribution < 1.29 is 9.47 Å². The zero-order valence-electron chi connectivity index (χ0n) is 12.0. The number of nitrogens with zero attached hydrogens (tertiary/aromatic N) is 1. The Morgan fingerprint density at radius 3 is 2.67 bits per heavy atom. The van der Waals surface area contributed by atoms with Gasteiger partial charge in [-0.1, -0.05) is 52.9 Å². The molecule has 0 fully saturated rings. The number of benzene rings is 1. The molecule has 0 aliphatic rings. The third kappa shape index (κ3) is 6.44. The molecular weight excluding hydrogens is 377 g/mol. The van der Waals surface area contributed by atoms with Crippen molar-refractivity contribution in [1.82, 2.24) is 4.98 Å². The second-order valence-electron chi connectivity index (χ2n) is 4.75. The first-order valence-corrected chi connectivity index (χ1v) is 8.65. The first-order valence-electron chi connectivity index (χ1n) is 7.13. The molecule has 0 saturated heterocycles. The quantitative estimate of drug-likeness (QED) is 0.468. The number of hydrogen-bond donors (Lipinski definition) is 0. The van der Waals surface area contributed by atoms with E-state index in [1.165, 1.54) is 5.56 Å². The van der Waals surface area contributed by atoms with E-state index in [0.29, 0.717) is 13.2 Å². The summed E-state index contributed by atoms with van der Waals surface area (Å²) >= 11 is 2.39. The van der Waals surface area contributed by atoms with Crippen LogP contribution in [0.4, 0.5) is 0 Å². The van der Waals surface area contributed by atoms with E-state index in [1.807, 2.05) is 30.3 Å². The van der Waals surface area contributed by atoms with Gasteiger partial charge in [0.05, 0.1) is 18.9 Å². The summed E-state index contributed by atoms with van der Waals surface area (Å²) in [5.74, 6) is 0.792. The zero-order valence-corrected chi connectivity index (χ0v) is 14.1. The molecule has 0 amide bonds. The Kier molecular flexibility index (Phi) is 7.53. The lowest BCUT2D eigenvalue weighted by molar-refractivity contribution is 0.00441. The van der Waals surface area contributed by atoms with Crippen molar-refractivity contribution >= 4 is 22.6 Å². The number of hydrogen-bond acceptors (Lipinski definition) is 3. The minimum Gasteiger partial charge on any atom is -0.489 e. The van der Waals surface area contributed by atoms with Crippen molar-refractivity contribution in [2.75, 3.05) is 11.0 Å². The summed E-state index contributed by atoms with van der Waals surface area (Å²) < 4.78 is 12.9. The average Bonchev–Trinajstić information content (AvgIpc) is 2.56. The first-order chi connectivity index (χ1) is 10.4. The third-order valence-electron chi connectivity index (χ3n) is 3.06. The van der Waals surface area contributed by atoms with Crippen molar-refractivity contribution in [3.8, 4) is 5.75 Å². The molecule has 0 aliphatic heterocycles. The monoisotopic (exact) mass is 397 g/mol. The summed E-state index contributed by atoms with van der Waals surface area (Å²) in [5.41, 5.74) is 1.19. The summed E-state index contributed by atoms with van der Waals surface area (Å²) in [5, 5.41) is 0. The van der Waals surface area contributed by atoms with E-state index in [9.17, 15) is 0 Å². The van der Waals surface area contributed by atoms with E-state index < -0.39 is 0 Å². The molecule has 1 heterocycles. The van der Waals surface area contributed by atoms with Crippen molar-refractivity contribution in [3.05, 3.63) is 60.4 Å². The van der Waals surface area contributed by atoms with Crippen LogP contribution in [0.15, 0.2) is 54.9 Å². The van der Waals surface area contributed by atoms with Gasteiger partial charge in [-0.25, -0.2) is 0 Å². The Balaban J connectivity index is 1.82. The van der Waals surface area contributed by atoms with Crippen LogP contribution in [0.25, 0.3) is 0 Å². The van der Waals surface area contributed by atoms with Crippen LogP contribution in [0.3, 0.4) is 0 Å². The van der Waals surface area contributed by atoms with Crippen LogP contribution in [0.5, 0.6) is 5.75 Å². The van der Waals surface area contributed by atoms with E-state index in [4.69, 9.17) is 9.47 Å². The maximum atomic E-state index is 6.00. The molecule has 0 aliphatic carbocycles. The van der Waals surface area contributed by atoms with Gasteiger partial charge in [-0.2, -0.15) is 0 Å². The minimum atomic E-state index is 0.111. The Hall–Kier alpha value is -1.14. The maximum absolute atomic E-state index is 6.00. The van der Waals surface area contributed by atoms with Crippen molar-refractivity contribution in [3.63, 3.8) is 0 Å². The molecule has 0 N–H and O–H groups in total. The third-order valence-corrected chi connectivity index (χ3v) is 3.82. The van der Waals surface area contributed by atoms with Gasteiger partial charge >= 0.3 is 0 Å². The number of rotatable bonds is 9. The van der Waals surface area contributed by atoms with E-state index in [-0.39, 0.29) is 6.10 Å². The number of halogens is 1. The van der Waals surface area contributed by atoms with Crippen molar-refractivity contribution in [2.45, 2.75) is 25.6 Å². The molecule has 0 saturated carbocycles. The molecule has 3 nitrogen and oxygen atoms in total. The fourth-order valence-corrected chi connectivity index (χ4v) is 2.37. The normalized spacial score (nSPS) is 12.0. The molecule has 1 aromatic heterocycles. The summed E-state index contributed by atoms with van der Waals surface area (Å²) in [6, 6.07) is 14.0. The molecule has 1 atom stereocenters. The molecule has 1 aromatic carbocycles. The largest absolute Gasteiger partial charge is 0.489 e. The molecule has 0 spiro atoms. The Bertz CT molecular complexity index is 449. The van der Waals surface area contributed by atoms with Gasteiger partial charge in [0.25, 0.3) is 0 Å². The summed E-state index contributed by atoms with van der Waals surface area (Å²) in [7, 11) is 0. The van der Waals surface area contributed by atoms with Crippen LogP contribution in [0.2, 0.25) is 0 Å². The molecule has 2 rings (SSSR count). The Morgan fingerprint density at radius 1 is 1.10 bits per heavy atom. The van der Waals surface area contributed by atoms with Crippen LogP contribution in [0.1, 0.15) is 18.4 Å². The lowest BCUT2D eigenvalue weighted by atomic mass is 10.2. The lowest BCUT2D eigenvalue weighted by Crippen LogP contribution is -2.22. The standard InChI is InChI=1S/C17H20INO2/c18-10-4-8-17(14-21-16-9-5-11-19-12-16)20-13-15-6-2-1-3-7-15/h1-3,5-7,9,11-12,17H,4,8,10,13-14H2. The smallest absolute Gasteiger partial charge is 0.137 e. The number of alkyl halides is 1. The molecule has 112 valence electrons. The van der Waals surface area contributed by atoms with E-state index >= 15 is 0 Å². The highest BCUT2D eigenvalue weighted by molar-refractivity contribution is 14.1. The van der Waals surface area contributed by atoms with Gasteiger partial charge in [0.15, 0.2) is 0 Å². The van der Waals surface area contributed by atoms with Crippen LogP contribution in [-0.4, -0.2) is 22.1 Å². The molecule has 1 unspecified atom stereocenters. The summed E-state index contributed by atoms with van der Waals surface area (Å²) in [6.07, 6.45) is 5.73. The summed E-state index contributed by atoms with van der Waals surface area (Å²) in [6.45, 7) is 1.19. The topological polar surface area (TPSA) is 31.4 Å². The summed E-state index contributed by atoms with van der Waals surface area (Å²) in [4.78, 5) is 4.05. The fraction of sp³-hybridized carbons (Fsp3) is 0.353. The highest BCUT2D eigenvalue weighted by Crippen LogP contribution is 2.12. The predicted molar refractivity (Wildman–Crippen MR) is 92.9 cm³/mol. The highest BCUT2D eigenvalue weighted by Gasteiger charge is 2.10. The number of aromatic nitrogens is 1. The van der Waals surface area contributed by atoms with Crippen molar-refractivity contribution in [1.29, 1.82) is 0 Å². The molecular formula is C17H20INO2. The number of pyridine rings is 1. The van der Waals surface area contributed by atoms with E-state index in [0.717, 1.165) is 23.0 Å². The predicted octanol–water partition coefficient (Wildman–Crippen LogP) is 4.26. The minimum absolute atomic E-state index is 0.111. The van der Waals surface area contributed by atoms with Gasteiger partial charge < -0.3 is 9.47 Å². The molecule has 0 bridgehead atoms. The Morgan fingerprint density at radius 2 is 1.95 bits per heavy atom. The highest BCUT2D eigenvalue weighted by atomic mass is 127. The fourth-order valence-electron chi connectivity index (χ4n) is 1.93. The molecule has 4 heteroatoms. The molecule has 21 heavy (non-hydrogen) atoms. The second-order valence-corrected chi connectivity index (χ2v) is 5.83. The lowest BCUT2D eigenvalue weighted by Gasteiger charge is -2.18. The van der Waals surface area contributed by atoms with Gasteiger partial charge in [-0.15, -0.1) is 0 Å². The average molecular weight is 397 g/mol. The van der Waals surface area contributed by atoms with Gasteiger partial charge in [-0.3, -0.25) is 4.98 Å². The molecule has 0 radical (unpaired) electrons. The van der Waals surface area contributed by atoms with Gasteiger partial charge in [0, 0.05) is 6.20 Å².